The van der Waals surface area contributed by atoms with Crippen LogP contribution in [-0.2, 0) is 20.7 Å². The third kappa shape index (κ3) is 6.22. The van der Waals surface area contributed by atoms with E-state index in [-0.39, 0.29) is 17.4 Å². The molecule has 8 heteroatoms. The molecule has 0 unspecified atom stereocenters. The van der Waals surface area contributed by atoms with Crippen LogP contribution < -0.4 is 14.2 Å². The van der Waals surface area contributed by atoms with Crippen molar-refractivity contribution in [1.29, 1.82) is 0 Å². The summed E-state index contributed by atoms with van der Waals surface area (Å²) < 4.78 is 22.9. The largest absolute Gasteiger partial charge is 0.507 e. The molecular formula is C31H39NO7. The first kappa shape index (κ1) is 28.5. The number of likely N-dealkylation sites (tertiary alicyclic amines) is 1. The molecule has 2 aromatic carbocycles. The Hall–Kier alpha value is -3.52. The molecule has 4 rings (SSSR count). The van der Waals surface area contributed by atoms with Crippen LogP contribution in [0.4, 0.5) is 0 Å². The number of ether oxygens (including phenoxy) is 4. The molecular weight excluding hydrogens is 498 g/mol. The van der Waals surface area contributed by atoms with Crippen LogP contribution in [0.2, 0.25) is 0 Å². The first-order valence-electron chi connectivity index (χ1n) is 13.9. The number of carbonyl (C=O) groups is 2. The summed E-state index contributed by atoms with van der Waals surface area (Å²) in [6.45, 7) is 7.76. The lowest BCUT2D eigenvalue weighted by atomic mass is 9.94. The van der Waals surface area contributed by atoms with Crippen LogP contribution in [-0.4, -0.2) is 61.3 Å². The Labute approximate surface area is 230 Å². The molecule has 1 amide bonds. The molecule has 2 atom stereocenters. The average Bonchev–Trinajstić information content (AvgIpc) is 3.42. The molecule has 0 saturated carbocycles. The monoisotopic (exact) mass is 537 g/mol. The number of unbranched alkanes of at least 4 members (excludes halogenated alkanes) is 2. The topological polar surface area (TPSA) is 94.5 Å². The normalized spacial score (nSPS) is 19.7. The van der Waals surface area contributed by atoms with Gasteiger partial charge in [0.05, 0.1) is 24.8 Å². The summed E-state index contributed by atoms with van der Waals surface area (Å²) in [4.78, 5) is 28.2. The minimum atomic E-state index is -0.779. The summed E-state index contributed by atoms with van der Waals surface area (Å²) in [5, 5.41) is 11.5. The third-order valence-corrected chi connectivity index (χ3v) is 7.05. The van der Waals surface area contributed by atoms with E-state index >= 15 is 0 Å². The average molecular weight is 538 g/mol. The SMILES string of the molecule is CCCCCOc1ccc([C@@H]2/C(=C(\O)c3ccc4c(c3)C[C@@H](C)O4)C(=O)C(=O)N2CCCOC)cc1OCC. The van der Waals surface area contributed by atoms with Gasteiger partial charge in [0.15, 0.2) is 11.5 Å². The van der Waals surface area contributed by atoms with Crippen molar-refractivity contribution in [3.8, 4) is 17.2 Å². The van der Waals surface area contributed by atoms with Gasteiger partial charge in [0.25, 0.3) is 11.7 Å². The van der Waals surface area contributed by atoms with Crippen molar-refractivity contribution in [2.24, 2.45) is 0 Å². The Bertz CT molecular complexity index is 1220. The van der Waals surface area contributed by atoms with Gasteiger partial charge >= 0.3 is 0 Å². The number of carbonyl (C=O) groups excluding carboxylic acids is 2. The number of aliphatic hydroxyl groups is 1. The maximum absolute atomic E-state index is 13.4. The minimum absolute atomic E-state index is 0.0449. The standard InChI is InChI=1S/C31H39NO7/c1-5-7-8-16-38-25-13-10-21(19-26(25)37-6-2)28-27(30(34)31(35)32(28)14-9-15-36-4)29(33)22-11-12-24-23(18-22)17-20(3)39-24/h10-13,18-20,28,33H,5-9,14-17H2,1-4H3/b29-27+/t20-,28-/m1/s1. The van der Waals surface area contributed by atoms with Crippen molar-refractivity contribution in [2.75, 3.05) is 33.5 Å². The quantitative estimate of drug-likeness (QED) is 0.157. The highest BCUT2D eigenvalue weighted by atomic mass is 16.5. The van der Waals surface area contributed by atoms with Gasteiger partial charge in [-0.25, -0.2) is 0 Å². The van der Waals surface area contributed by atoms with Gasteiger partial charge in [0.2, 0.25) is 0 Å². The van der Waals surface area contributed by atoms with E-state index in [1.54, 1.807) is 19.2 Å². The van der Waals surface area contributed by atoms with E-state index < -0.39 is 17.7 Å². The lowest BCUT2D eigenvalue weighted by Crippen LogP contribution is -2.31. The molecule has 1 N–H and O–H groups in total. The Morgan fingerprint density at radius 1 is 1.03 bits per heavy atom. The molecule has 1 saturated heterocycles. The van der Waals surface area contributed by atoms with Gasteiger partial charge in [-0.1, -0.05) is 25.8 Å². The van der Waals surface area contributed by atoms with Crippen LogP contribution in [0, 0.1) is 0 Å². The number of methoxy groups -OCH3 is 1. The van der Waals surface area contributed by atoms with Crippen molar-refractivity contribution >= 4 is 17.4 Å². The maximum atomic E-state index is 13.4. The van der Waals surface area contributed by atoms with Crippen LogP contribution >= 0.6 is 0 Å². The molecule has 1 fully saturated rings. The predicted octanol–water partition coefficient (Wildman–Crippen LogP) is 5.44. The van der Waals surface area contributed by atoms with E-state index in [0.29, 0.717) is 61.8 Å². The van der Waals surface area contributed by atoms with Crippen LogP contribution in [0.5, 0.6) is 17.2 Å². The minimum Gasteiger partial charge on any atom is -0.507 e. The highest BCUT2D eigenvalue weighted by Crippen LogP contribution is 2.43. The van der Waals surface area contributed by atoms with E-state index in [4.69, 9.17) is 18.9 Å². The van der Waals surface area contributed by atoms with Gasteiger partial charge in [-0.05, 0) is 68.1 Å². The first-order chi connectivity index (χ1) is 18.9. The molecule has 0 aliphatic carbocycles. The molecule has 2 heterocycles. The van der Waals surface area contributed by atoms with Crippen molar-refractivity contribution < 1.29 is 33.6 Å². The van der Waals surface area contributed by atoms with Gasteiger partial charge < -0.3 is 29.0 Å². The number of aliphatic hydroxyl groups excluding tert-OH is 1. The smallest absolute Gasteiger partial charge is 0.295 e. The Morgan fingerprint density at radius 2 is 1.85 bits per heavy atom. The Balaban J connectivity index is 1.76. The Morgan fingerprint density at radius 3 is 2.59 bits per heavy atom. The molecule has 0 aromatic heterocycles. The number of amides is 1. The highest BCUT2D eigenvalue weighted by Gasteiger charge is 2.46. The van der Waals surface area contributed by atoms with Gasteiger partial charge in [-0.3, -0.25) is 9.59 Å². The second kappa shape index (κ2) is 13.0. The number of nitrogens with zero attached hydrogens (tertiary/aromatic N) is 1. The fourth-order valence-corrected chi connectivity index (χ4v) is 5.18. The molecule has 8 nitrogen and oxygen atoms in total. The van der Waals surface area contributed by atoms with Crippen LogP contribution in [0.15, 0.2) is 42.0 Å². The highest BCUT2D eigenvalue weighted by molar-refractivity contribution is 6.46. The zero-order valence-electron chi connectivity index (χ0n) is 23.3. The molecule has 2 aliphatic heterocycles. The van der Waals surface area contributed by atoms with E-state index in [2.05, 4.69) is 6.92 Å². The number of hydrogen-bond acceptors (Lipinski definition) is 7. The van der Waals surface area contributed by atoms with Crippen molar-refractivity contribution in [3.05, 3.63) is 58.7 Å². The summed E-state index contributed by atoms with van der Waals surface area (Å²) in [6.07, 6.45) is 4.41. The van der Waals surface area contributed by atoms with Gasteiger partial charge in [-0.15, -0.1) is 0 Å². The van der Waals surface area contributed by atoms with Crippen molar-refractivity contribution in [1.82, 2.24) is 4.90 Å². The molecule has 0 spiro atoms. The zero-order valence-corrected chi connectivity index (χ0v) is 23.3. The van der Waals surface area contributed by atoms with Crippen LogP contribution in [0.3, 0.4) is 0 Å². The molecule has 39 heavy (non-hydrogen) atoms. The number of Topliss-reactive ketones (excluding diaryl/α,β-unsaturated/α-hetero) is 1. The fraction of sp³-hybridized carbons (Fsp3) is 0.484. The fourth-order valence-electron chi connectivity index (χ4n) is 5.18. The van der Waals surface area contributed by atoms with Crippen molar-refractivity contribution in [2.45, 2.75) is 65.0 Å². The van der Waals surface area contributed by atoms with Crippen molar-refractivity contribution in [3.63, 3.8) is 0 Å². The predicted molar refractivity (Wildman–Crippen MR) is 148 cm³/mol. The number of hydrogen-bond donors (Lipinski definition) is 1. The summed E-state index contributed by atoms with van der Waals surface area (Å²) in [5.41, 5.74) is 2.16. The number of ketones is 1. The van der Waals surface area contributed by atoms with E-state index in [9.17, 15) is 14.7 Å². The molecule has 0 bridgehead atoms. The van der Waals surface area contributed by atoms with Crippen LogP contribution in [0.25, 0.3) is 5.76 Å². The summed E-state index contributed by atoms with van der Waals surface area (Å²) in [7, 11) is 1.59. The van der Waals surface area contributed by atoms with Gasteiger partial charge in [0, 0.05) is 32.2 Å². The lowest BCUT2D eigenvalue weighted by molar-refractivity contribution is -0.140. The summed E-state index contributed by atoms with van der Waals surface area (Å²) in [5.74, 6) is 0.365. The molecule has 2 aromatic rings. The number of benzene rings is 2. The molecule has 210 valence electrons. The molecule has 2 aliphatic rings. The number of rotatable bonds is 13. The van der Waals surface area contributed by atoms with Crippen LogP contribution in [0.1, 0.15) is 69.2 Å². The third-order valence-electron chi connectivity index (χ3n) is 7.05. The van der Waals surface area contributed by atoms with Gasteiger partial charge in [0.1, 0.15) is 17.6 Å². The lowest BCUT2D eigenvalue weighted by Gasteiger charge is -2.26. The summed E-state index contributed by atoms with van der Waals surface area (Å²) >= 11 is 0. The maximum Gasteiger partial charge on any atom is 0.295 e. The van der Waals surface area contributed by atoms with Gasteiger partial charge in [-0.2, -0.15) is 0 Å². The van der Waals surface area contributed by atoms with E-state index in [1.807, 2.05) is 38.1 Å². The second-order valence-electron chi connectivity index (χ2n) is 9.99. The Kier molecular flexibility index (Phi) is 9.51. The molecule has 0 radical (unpaired) electrons. The van der Waals surface area contributed by atoms with E-state index in [0.717, 1.165) is 30.6 Å². The first-order valence-corrected chi connectivity index (χ1v) is 13.9. The zero-order chi connectivity index (χ0) is 27.9. The second-order valence-corrected chi connectivity index (χ2v) is 9.99. The summed E-state index contributed by atoms with van der Waals surface area (Å²) in [6, 6.07) is 10.0. The number of fused-ring (bicyclic) bond motifs is 1. The van der Waals surface area contributed by atoms with E-state index in [1.165, 1.54) is 4.90 Å².